The molecule has 0 saturated carbocycles. The van der Waals surface area contributed by atoms with Gasteiger partial charge in [0.15, 0.2) is 5.65 Å². The van der Waals surface area contributed by atoms with E-state index in [4.69, 9.17) is 0 Å². The van der Waals surface area contributed by atoms with Crippen LogP contribution in [0.1, 0.15) is 31.1 Å². The number of pyridine rings is 1. The summed E-state index contributed by atoms with van der Waals surface area (Å²) >= 11 is 0. The molecule has 4 aromatic rings. The maximum absolute atomic E-state index is 12.8. The number of rotatable bonds is 6. The third-order valence-corrected chi connectivity index (χ3v) is 6.77. The molecule has 1 amide bonds. The van der Waals surface area contributed by atoms with E-state index in [1.54, 1.807) is 75.8 Å². The molecule has 182 valence electrons. The third kappa shape index (κ3) is 5.50. The summed E-state index contributed by atoms with van der Waals surface area (Å²) in [5.41, 5.74) is 2.58. The summed E-state index contributed by atoms with van der Waals surface area (Å²) in [6, 6.07) is 19.3. The number of aromatic nitrogens is 3. The topological polar surface area (TPSA) is 109 Å². The number of carbonyl (C=O) groups is 1. The summed E-state index contributed by atoms with van der Waals surface area (Å²) in [6.45, 7) is 5.39. The molecule has 4 rings (SSSR count). The maximum atomic E-state index is 12.8. The Balaban J connectivity index is 1.68. The van der Waals surface area contributed by atoms with Gasteiger partial charge in [0.05, 0.1) is 10.6 Å². The van der Waals surface area contributed by atoms with Crippen LogP contribution < -0.4 is 10.0 Å². The summed E-state index contributed by atoms with van der Waals surface area (Å²) in [4.78, 5) is 18.5. The Morgan fingerprint density at radius 2 is 1.69 bits per heavy atom. The molecule has 0 radical (unpaired) electrons. The maximum Gasteiger partial charge on any atom is 0.253 e. The van der Waals surface area contributed by atoms with Crippen molar-refractivity contribution in [2.75, 3.05) is 19.4 Å². The van der Waals surface area contributed by atoms with E-state index in [-0.39, 0.29) is 10.8 Å². The number of amides is 1. The Morgan fingerprint density at radius 3 is 2.40 bits per heavy atom. The van der Waals surface area contributed by atoms with Gasteiger partial charge in [-0.25, -0.2) is 17.7 Å². The molecule has 10 heteroatoms. The van der Waals surface area contributed by atoms with Crippen LogP contribution in [0.2, 0.25) is 0 Å². The Labute approximate surface area is 204 Å². The largest absolute Gasteiger partial charge is 0.345 e. The monoisotopic (exact) mass is 492 g/mol. The van der Waals surface area contributed by atoms with E-state index < -0.39 is 15.6 Å². The lowest BCUT2D eigenvalue weighted by molar-refractivity contribution is 0.0827. The summed E-state index contributed by atoms with van der Waals surface area (Å²) in [5.74, 6) is 0.250. The van der Waals surface area contributed by atoms with Gasteiger partial charge in [-0.2, -0.15) is 4.98 Å². The minimum atomic E-state index is -3.69. The van der Waals surface area contributed by atoms with E-state index in [2.05, 4.69) is 20.1 Å². The molecule has 0 saturated heterocycles. The first-order valence-corrected chi connectivity index (χ1v) is 12.5. The van der Waals surface area contributed by atoms with Crippen molar-refractivity contribution in [2.45, 2.75) is 31.2 Å². The number of anilines is 2. The van der Waals surface area contributed by atoms with Gasteiger partial charge in [-0.1, -0.05) is 24.3 Å². The van der Waals surface area contributed by atoms with Gasteiger partial charge in [0.2, 0.25) is 16.0 Å². The van der Waals surface area contributed by atoms with Gasteiger partial charge in [0.1, 0.15) is 0 Å². The van der Waals surface area contributed by atoms with E-state index in [0.29, 0.717) is 34.1 Å². The van der Waals surface area contributed by atoms with Crippen LogP contribution >= 0.6 is 0 Å². The van der Waals surface area contributed by atoms with Crippen LogP contribution in [0.5, 0.6) is 0 Å². The summed E-state index contributed by atoms with van der Waals surface area (Å²) in [7, 11) is -0.290. The average molecular weight is 493 g/mol. The van der Waals surface area contributed by atoms with Crippen molar-refractivity contribution in [3.8, 4) is 11.3 Å². The first-order chi connectivity index (χ1) is 16.4. The molecular formula is C25H28N6O3S. The average Bonchev–Trinajstić information content (AvgIpc) is 3.19. The molecular weight excluding hydrogens is 464 g/mol. The fourth-order valence-corrected chi connectivity index (χ4v) is 5.04. The summed E-state index contributed by atoms with van der Waals surface area (Å²) < 4.78 is 30.0. The molecule has 0 aliphatic carbocycles. The van der Waals surface area contributed by atoms with Crippen molar-refractivity contribution in [3.05, 3.63) is 72.3 Å². The molecule has 35 heavy (non-hydrogen) atoms. The molecule has 0 spiro atoms. The first kappa shape index (κ1) is 24.4. The van der Waals surface area contributed by atoms with Crippen molar-refractivity contribution in [3.63, 3.8) is 0 Å². The van der Waals surface area contributed by atoms with Crippen molar-refractivity contribution >= 4 is 33.2 Å². The lowest BCUT2D eigenvalue weighted by atomic mass is 10.1. The number of benzene rings is 2. The second-order valence-corrected chi connectivity index (χ2v) is 11.1. The zero-order chi connectivity index (χ0) is 25.4. The van der Waals surface area contributed by atoms with Crippen molar-refractivity contribution in [1.29, 1.82) is 0 Å². The van der Waals surface area contributed by atoms with Crippen LogP contribution in [0.4, 0.5) is 11.6 Å². The van der Waals surface area contributed by atoms with Gasteiger partial charge in [-0.15, -0.1) is 5.10 Å². The van der Waals surface area contributed by atoms with Crippen LogP contribution in [-0.4, -0.2) is 53.5 Å². The van der Waals surface area contributed by atoms with E-state index in [1.165, 1.54) is 4.90 Å². The quantitative estimate of drug-likeness (QED) is 0.422. The molecule has 0 unspecified atom stereocenters. The number of sulfonamides is 1. The second kappa shape index (κ2) is 9.12. The molecule has 2 aromatic heterocycles. The second-order valence-electron chi connectivity index (χ2n) is 9.41. The van der Waals surface area contributed by atoms with Gasteiger partial charge in [-0.05, 0) is 63.2 Å². The minimum Gasteiger partial charge on any atom is -0.345 e. The molecule has 2 aromatic carbocycles. The third-order valence-electron chi connectivity index (χ3n) is 5.01. The Kier molecular flexibility index (Phi) is 6.35. The Morgan fingerprint density at radius 1 is 0.971 bits per heavy atom. The molecule has 0 aliphatic rings. The number of fused-ring (bicyclic) bond motifs is 1. The lowest BCUT2D eigenvalue weighted by Crippen LogP contribution is -2.40. The summed E-state index contributed by atoms with van der Waals surface area (Å²) in [6.07, 6.45) is 0. The fourth-order valence-electron chi connectivity index (χ4n) is 3.58. The lowest BCUT2D eigenvalue weighted by Gasteiger charge is -2.20. The zero-order valence-corrected chi connectivity index (χ0v) is 21.1. The zero-order valence-electron chi connectivity index (χ0n) is 20.3. The first-order valence-electron chi connectivity index (χ1n) is 11.0. The van der Waals surface area contributed by atoms with E-state index >= 15 is 0 Å². The highest BCUT2D eigenvalue weighted by Gasteiger charge is 2.22. The minimum absolute atomic E-state index is 0.102. The molecule has 0 bridgehead atoms. The van der Waals surface area contributed by atoms with E-state index in [9.17, 15) is 13.2 Å². The van der Waals surface area contributed by atoms with Crippen LogP contribution in [0.3, 0.4) is 0 Å². The van der Waals surface area contributed by atoms with Gasteiger partial charge in [0, 0.05) is 36.4 Å². The van der Waals surface area contributed by atoms with Crippen LogP contribution in [0.15, 0.2) is 71.6 Å². The predicted octanol–water partition coefficient (Wildman–Crippen LogP) is 3.92. The highest BCUT2D eigenvalue weighted by atomic mass is 32.2. The summed E-state index contributed by atoms with van der Waals surface area (Å²) in [5, 5.41) is 7.73. The van der Waals surface area contributed by atoms with Crippen LogP contribution in [0, 0.1) is 0 Å². The number of carbonyl (C=O) groups excluding carboxylic acids is 1. The van der Waals surface area contributed by atoms with Gasteiger partial charge in [-0.3, -0.25) is 4.79 Å². The standard InChI is InChI=1S/C25H28N6O3S/c1-25(2,3)29-35(33,34)20-12-7-9-17(16-20)21-13-8-14-22-27-24(28-31(21)22)26-19-11-6-10-18(15-19)23(32)30(4)5/h6-16,29H,1-5H3,(H,26,28). The van der Waals surface area contributed by atoms with Crippen LogP contribution in [-0.2, 0) is 10.0 Å². The molecule has 0 aliphatic heterocycles. The van der Waals surface area contributed by atoms with Gasteiger partial charge < -0.3 is 10.2 Å². The normalized spacial score (nSPS) is 12.0. The molecule has 2 heterocycles. The van der Waals surface area contributed by atoms with Crippen molar-refractivity contribution in [1.82, 2.24) is 24.2 Å². The van der Waals surface area contributed by atoms with Gasteiger partial charge >= 0.3 is 0 Å². The Bertz CT molecular complexity index is 1500. The van der Waals surface area contributed by atoms with E-state index in [1.807, 2.05) is 30.3 Å². The predicted molar refractivity (Wildman–Crippen MR) is 136 cm³/mol. The number of hydrogen-bond acceptors (Lipinski definition) is 6. The fraction of sp³-hybridized carbons (Fsp3) is 0.240. The van der Waals surface area contributed by atoms with E-state index in [0.717, 1.165) is 0 Å². The molecule has 2 N–H and O–H groups in total. The molecule has 0 fully saturated rings. The van der Waals surface area contributed by atoms with Gasteiger partial charge in [0.25, 0.3) is 5.91 Å². The highest BCUT2D eigenvalue weighted by molar-refractivity contribution is 7.89. The molecule has 9 nitrogen and oxygen atoms in total. The number of nitrogens with zero attached hydrogens (tertiary/aromatic N) is 4. The SMILES string of the molecule is CN(C)C(=O)c1cccc(Nc2nc3cccc(-c4cccc(S(=O)(=O)NC(C)(C)C)c4)n3n2)c1. The smallest absolute Gasteiger partial charge is 0.253 e. The molecule has 0 atom stereocenters. The van der Waals surface area contributed by atoms with Crippen LogP contribution in [0.25, 0.3) is 16.9 Å². The Hall–Kier alpha value is -3.76. The number of hydrogen-bond donors (Lipinski definition) is 2. The van der Waals surface area contributed by atoms with Crippen molar-refractivity contribution in [2.24, 2.45) is 0 Å². The van der Waals surface area contributed by atoms with Crippen molar-refractivity contribution < 1.29 is 13.2 Å². The number of nitrogens with one attached hydrogen (secondary N) is 2. The highest BCUT2D eigenvalue weighted by Crippen LogP contribution is 2.25.